The highest BCUT2D eigenvalue weighted by Crippen LogP contribution is 2.45. The Balaban J connectivity index is 1.80. The van der Waals surface area contributed by atoms with Gasteiger partial charge >= 0.3 is 0 Å². The van der Waals surface area contributed by atoms with Gasteiger partial charge in [0.15, 0.2) is 0 Å². The number of phenols is 1. The number of benzene rings is 3. The highest BCUT2D eigenvalue weighted by atomic mass is 79.9. The highest BCUT2D eigenvalue weighted by Gasteiger charge is 2.26. The first-order valence-corrected chi connectivity index (χ1v) is 8.23. The number of aromatic hydroxyl groups is 1. The Morgan fingerprint density at radius 2 is 1.48 bits per heavy atom. The van der Waals surface area contributed by atoms with E-state index in [0.29, 0.717) is 5.56 Å². The normalized spacial score (nSPS) is 13.3. The van der Waals surface area contributed by atoms with Crippen LogP contribution in [0.3, 0.4) is 0 Å². The minimum absolute atomic E-state index is 0.0271. The summed E-state index contributed by atoms with van der Waals surface area (Å²) in [4.78, 5) is 4.77. The molecule has 3 heteroatoms. The van der Waals surface area contributed by atoms with Gasteiger partial charge < -0.3 is 5.11 Å². The van der Waals surface area contributed by atoms with Gasteiger partial charge in [0.25, 0.3) is 0 Å². The van der Waals surface area contributed by atoms with E-state index in [1.807, 2.05) is 24.3 Å². The lowest BCUT2D eigenvalue weighted by molar-refractivity contribution is 0.474. The van der Waals surface area contributed by atoms with Crippen molar-refractivity contribution in [3.63, 3.8) is 0 Å². The molecule has 0 atom stereocenters. The van der Waals surface area contributed by atoms with Crippen molar-refractivity contribution in [3.8, 4) is 16.9 Å². The molecule has 0 radical (unpaired) electrons. The lowest BCUT2D eigenvalue weighted by Gasteiger charge is -2.08. The number of aliphatic imine (C=N–C) groups is 1. The number of phenolic OH excluding ortho intramolecular Hbond substituents is 1. The first-order chi connectivity index (χ1) is 11.2. The summed E-state index contributed by atoms with van der Waals surface area (Å²) in [5.41, 5.74) is 5.60. The molecule has 0 fully saturated rings. The Morgan fingerprint density at radius 1 is 0.870 bits per heavy atom. The van der Waals surface area contributed by atoms with Gasteiger partial charge in [0.05, 0.1) is 0 Å². The summed E-state index contributed by atoms with van der Waals surface area (Å²) < 4.78 is 0.920. The second kappa shape index (κ2) is 5.67. The van der Waals surface area contributed by atoms with Crippen molar-refractivity contribution in [1.29, 1.82) is 0 Å². The predicted molar refractivity (Wildman–Crippen MR) is 97.1 cm³/mol. The fraction of sp³-hybridized carbons (Fsp3) is 0.0500. The van der Waals surface area contributed by atoms with Gasteiger partial charge in [-0.15, -0.1) is 0 Å². The average molecular weight is 364 g/mol. The molecule has 0 saturated carbocycles. The Kier molecular flexibility index (Phi) is 3.50. The Bertz CT molecular complexity index is 872. The van der Waals surface area contributed by atoms with Crippen molar-refractivity contribution in [2.45, 2.75) is 6.04 Å². The molecule has 3 aromatic rings. The summed E-state index contributed by atoms with van der Waals surface area (Å²) in [6.45, 7) is 0. The first-order valence-electron chi connectivity index (χ1n) is 7.44. The number of rotatable bonds is 2. The summed E-state index contributed by atoms with van der Waals surface area (Å²) >= 11 is 3.43. The van der Waals surface area contributed by atoms with Gasteiger partial charge in [0, 0.05) is 16.3 Å². The third-order valence-electron chi connectivity index (χ3n) is 4.15. The molecular weight excluding hydrogens is 350 g/mol. The van der Waals surface area contributed by atoms with Gasteiger partial charge in [0.1, 0.15) is 11.8 Å². The van der Waals surface area contributed by atoms with Gasteiger partial charge in [-0.25, -0.2) is 0 Å². The van der Waals surface area contributed by atoms with Crippen LogP contribution in [-0.4, -0.2) is 11.3 Å². The van der Waals surface area contributed by atoms with E-state index in [-0.39, 0.29) is 11.8 Å². The molecule has 3 aromatic carbocycles. The number of halogens is 1. The molecule has 0 bridgehead atoms. The zero-order valence-electron chi connectivity index (χ0n) is 12.3. The van der Waals surface area contributed by atoms with Crippen LogP contribution in [0.25, 0.3) is 11.1 Å². The minimum Gasteiger partial charge on any atom is -0.507 e. The van der Waals surface area contributed by atoms with E-state index >= 15 is 0 Å². The molecule has 0 heterocycles. The summed E-state index contributed by atoms with van der Waals surface area (Å²) in [5.74, 6) is 0.233. The van der Waals surface area contributed by atoms with Gasteiger partial charge in [0.2, 0.25) is 0 Å². The minimum atomic E-state index is -0.0271. The Hall–Kier alpha value is -2.39. The second-order valence-electron chi connectivity index (χ2n) is 5.56. The second-order valence-corrected chi connectivity index (χ2v) is 6.47. The fourth-order valence-electron chi connectivity index (χ4n) is 3.07. The summed E-state index contributed by atoms with van der Waals surface area (Å²) in [6.07, 6.45) is 1.75. The van der Waals surface area contributed by atoms with E-state index in [9.17, 15) is 5.11 Å². The molecule has 1 aliphatic carbocycles. The molecule has 2 nitrogen and oxygen atoms in total. The Morgan fingerprint density at radius 3 is 2.13 bits per heavy atom. The van der Waals surface area contributed by atoms with Crippen LogP contribution in [0.4, 0.5) is 0 Å². The zero-order chi connectivity index (χ0) is 15.8. The van der Waals surface area contributed by atoms with Crippen molar-refractivity contribution >= 4 is 22.1 Å². The summed E-state index contributed by atoms with van der Waals surface area (Å²) in [6, 6.07) is 22.1. The van der Waals surface area contributed by atoms with Crippen molar-refractivity contribution in [1.82, 2.24) is 0 Å². The maximum Gasteiger partial charge on any atom is 0.124 e. The molecule has 1 aliphatic rings. The smallest absolute Gasteiger partial charge is 0.124 e. The molecule has 0 aromatic heterocycles. The van der Waals surface area contributed by atoms with Crippen molar-refractivity contribution < 1.29 is 5.11 Å². The molecule has 0 aliphatic heterocycles. The average Bonchev–Trinajstić information content (AvgIpc) is 2.90. The Labute approximate surface area is 143 Å². The van der Waals surface area contributed by atoms with E-state index < -0.39 is 0 Å². The van der Waals surface area contributed by atoms with Crippen LogP contribution >= 0.6 is 15.9 Å². The fourth-order valence-corrected chi connectivity index (χ4v) is 3.45. The SMILES string of the molecule is Oc1ccc(Br)cc1C=NC1c2ccccc2-c2ccccc21. The largest absolute Gasteiger partial charge is 0.507 e. The summed E-state index contributed by atoms with van der Waals surface area (Å²) in [7, 11) is 0. The number of hydrogen-bond acceptors (Lipinski definition) is 2. The molecule has 0 amide bonds. The van der Waals surface area contributed by atoms with Crippen LogP contribution in [-0.2, 0) is 0 Å². The number of hydrogen-bond donors (Lipinski definition) is 1. The summed E-state index contributed by atoms with van der Waals surface area (Å²) in [5, 5.41) is 9.99. The quantitative estimate of drug-likeness (QED) is 0.612. The lowest BCUT2D eigenvalue weighted by Crippen LogP contribution is -1.94. The van der Waals surface area contributed by atoms with Crippen LogP contribution in [0.15, 0.2) is 76.2 Å². The van der Waals surface area contributed by atoms with Gasteiger partial charge in [-0.05, 0) is 40.5 Å². The molecule has 0 unspecified atom stereocenters. The van der Waals surface area contributed by atoms with Crippen LogP contribution in [0.2, 0.25) is 0 Å². The van der Waals surface area contributed by atoms with Gasteiger partial charge in [-0.2, -0.15) is 0 Å². The molecule has 23 heavy (non-hydrogen) atoms. The van der Waals surface area contributed by atoms with Crippen LogP contribution in [0, 0.1) is 0 Å². The predicted octanol–water partition coefficient (Wildman–Crippen LogP) is 5.34. The molecule has 112 valence electrons. The van der Waals surface area contributed by atoms with E-state index in [4.69, 9.17) is 4.99 Å². The molecular formula is C20H14BrNO. The first kappa shape index (κ1) is 14.2. The van der Waals surface area contributed by atoms with E-state index in [1.165, 1.54) is 22.3 Å². The molecule has 1 N–H and O–H groups in total. The monoisotopic (exact) mass is 363 g/mol. The number of fused-ring (bicyclic) bond motifs is 3. The van der Waals surface area contributed by atoms with E-state index in [2.05, 4.69) is 52.3 Å². The van der Waals surface area contributed by atoms with Crippen LogP contribution in [0.5, 0.6) is 5.75 Å². The maximum atomic E-state index is 9.99. The van der Waals surface area contributed by atoms with Crippen molar-refractivity contribution in [2.75, 3.05) is 0 Å². The standard InChI is InChI=1S/C20H14BrNO/c21-14-9-10-19(23)13(11-14)12-22-20-17-7-3-1-5-15(17)16-6-2-4-8-18(16)20/h1-12,20,23H. The van der Waals surface area contributed by atoms with Crippen molar-refractivity contribution in [2.24, 2.45) is 4.99 Å². The molecule has 0 saturated heterocycles. The van der Waals surface area contributed by atoms with Crippen LogP contribution in [0.1, 0.15) is 22.7 Å². The highest BCUT2D eigenvalue weighted by molar-refractivity contribution is 9.10. The third kappa shape index (κ3) is 2.47. The molecule has 4 rings (SSSR count). The van der Waals surface area contributed by atoms with Crippen molar-refractivity contribution in [3.05, 3.63) is 87.9 Å². The van der Waals surface area contributed by atoms with Gasteiger partial charge in [-0.3, -0.25) is 4.99 Å². The topological polar surface area (TPSA) is 32.6 Å². The van der Waals surface area contributed by atoms with Gasteiger partial charge in [-0.1, -0.05) is 64.5 Å². The van der Waals surface area contributed by atoms with E-state index in [1.54, 1.807) is 12.3 Å². The zero-order valence-corrected chi connectivity index (χ0v) is 13.9. The van der Waals surface area contributed by atoms with E-state index in [0.717, 1.165) is 4.47 Å². The molecule has 0 spiro atoms. The number of nitrogens with zero attached hydrogens (tertiary/aromatic N) is 1. The van der Waals surface area contributed by atoms with Crippen LogP contribution < -0.4 is 0 Å². The maximum absolute atomic E-state index is 9.99. The lowest BCUT2D eigenvalue weighted by atomic mass is 10.1. The third-order valence-corrected chi connectivity index (χ3v) is 4.65.